The van der Waals surface area contributed by atoms with Gasteiger partial charge in [0.05, 0.1) is 5.92 Å². The number of fused-ring (bicyclic) bond motifs is 2. The molecule has 2 heterocycles. The number of hydrogen-bond donors (Lipinski definition) is 2. The van der Waals surface area contributed by atoms with E-state index < -0.39 is 5.97 Å². The van der Waals surface area contributed by atoms with Crippen molar-refractivity contribution in [2.24, 2.45) is 17.8 Å². The Bertz CT molecular complexity index is 1010. The van der Waals surface area contributed by atoms with E-state index >= 15 is 0 Å². The van der Waals surface area contributed by atoms with Gasteiger partial charge in [0.1, 0.15) is 0 Å². The zero-order chi connectivity index (χ0) is 20.4. The highest BCUT2D eigenvalue weighted by Gasteiger charge is 2.51. The highest BCUT2D eigenvalue weighted by atomic mass is 16.4. The topological polar surface area (TPSA) is 73.4 Å². The summed E-state index contributed by atoms with van der Waals surface area (Å²) in [5, 5.41) is 11.0. The molecule has 4 aliphatic rings. The lowest BCUT2D eigenvalue weighted by molar-refractivity contribution is -0.152. The maximum atomic E-state index is 13.5. The summed E-state index contributed by atoms with van der Waals surface area (Å²) in [5.74, 6) is 0.540. The van der Waals surface area contributed by atoms with E-state index in [0.717, 1.165) is 45.1 Å². The van der Waals surface area contributed by atoms with E-state index in [2.05, 4.69) is 34.3 Å². The summed E-state index contributed by atoms with van der Waals surface area (Å²) in [6.07, 6.45) is 10.2. The van der Waals surface area contributed by atoms with Gasteiger partial charge in [-0.05, 0) is 79.9 Å². The van der Waals surface area contributed by atoms with E-state index in [1.807, 2.05) is 0 Å². The van der Waals surface area contributed by atoms with Crippen molar-refractivity contribution in [3.05, 3.63) is 35.5 Å². The zero-order valence-electron chi connectivity index (χ0n) is 17.3. The second kappa shape index (κ2) is 6.86. The molecule has 6 rings (SSSR count). The summed E-state index contributed by atoms with van der Waals surface area (Å²) < 4.78 is 0. The van der Waals surface area contributed by atoms with Crippen LogP contribution in [-0.4, -0.2) is 39.5 Å². The molecule has 1 aliphatic heterocycles. The van der Waals surface area contributed by atoms with Crippen LogP contribution < -0.4 is 0 Å². The number of benzene rings is 1. The summed E-state index contributed by atoms with van der Waals surface area (Å²) >= 11 is 0. The number of carboxylic acids is 1. The van der Waals surface area contributed by atoms with Gasteiger partial charge < -0.3 is 15.0 Å². The Kier molecular flexibility index (Phi) is 4.22. The molecule has 2 aromatic rings. The highest BCUT2D eigenvalue weighted by molar-refractivity contribution is 5.91. The number of carboxylic acid groups (broad SMARTS) is 1. The Labute approximate surface area is 176 Å². The third-order valence-corrected chi connectivity index (χ3v) is 8.26. The fraction of sp³-hybridized carbons (Fsp3) is 0.600. The van der Waals surface area contributed by atoms with Crippen LogP contribution in [0.2, 0.25) is 0 Å². The SMILES string of the molecule is O=C(O)C1CCCC2C1CCCN2C(=O)C1CC1c1c[nH]c2cccc(C3CC3)c12. The van der Waals surface area contributed by atoms with Crippen molar-refractivity contribution in [1.82, 2.24) is 9.88 Å². The molecule has 4 fully saturated rings. The highest BCUT2D eigenvalue weighted by Crippen LogP contribution is 2.54. The number of hydrogen-bond acceptors (Lipinski definition) is 2. The van der Waals surface area contributed by atoms with Crippen LogP contribution in [0.25, 0.3) is 10.9 Å². The van der Waals surface area contributed by atoms with E-state index in [1.54, 1.807) is 0 Å². The molecule has 5 atom stereocenters. The smallest absolute Gasteiger partial charge is 0.306 e. The average molecular weight is 407 g/mol. The largest absolute Gasteiger partial charge is 0.481 e. The number of nitrogens with one attached hydrogen (secondary N) is 1. The molecule has 0 radical (unpaired) electrons. The standard InChI is InChI=1S/C25H30N2O3/c28-24(27-11-3-6-16-17(25(29)30)5-2-8-22(16)27)19-12-18(19)20-13-26-21-7-1-4-15(23(20)21)14-9-10-14/h1,4,7,13-14,16-19,22,26H,2-3,5-6,8-12H2,(H,29,30). The first-order valence-corrected chi connectivity index (χ1v) is 11.8. The second-order valence-corrected chi connectivity index (χ2v) is 10.0. The number of nitrogens with zero attached hydrogens (tertiary/aromatic N) is 1. The maximum Gasteiger partial charge on any atom is 0.306 e. The number of carbonyl (C=O) groups excluding carboxylic acids is 1. The van der Waals surface area contributed by atoms with Gasteiger partial charge in [-0.25, -0.2) is 0 Å². The van der Waals surface area contributed by atoms with Gasteiger partial charge >= 0.3 is 5.97 Å². The monoisotopic (exact) mass is 406 g/mol. The van der Waals surface area contributed by atoms with Crippen LogP contribution in [0.5, 0.6) is 0 Å². The maximum absolute atomic E-state index is 13.5. The fourth-order valence-corrected chi connectivity index (χ4v) is 6.56. The second-order valence-electron chi connectivity index (χ2n) is 10.0. The Hall–Kier alpha value is -2.30. The normalized spacial score (nSPS) is 33.3. The van der Waals surface area contributed by atoms with E-state index in [9.17, 15) is 14.7 Å². The molecular formula is C25H30N2O3. The molecule has 30 heavy (non-hydrogen) atoms. The van der Waals surface area contributed by atoms with E-state index in [-0.39, 0.29) is 29.7 Å². The van der Waals surface area contributed by atoms with Gasteiger partial charge in [0, 0.05) is 35.6 Å². The van der Waals surface area contributed by atoms with Crippen LogP contribution in [0.3, 0.4) is 0 Å². The van der Waals surface area contributed by atoms with Gasteiger partial charge in [0.25, 0.3) is 0 Å². The first-order valence-electron chi connectivity index (χ1n) is 11.8. The zero-order valence-corrected chi connectivity index (χ0v) is 17.3. The molecule has 0 spiro atoms. The molecule has 1 amide bonds. The summed E-state index contributed by atoms with van der Waals surface area (Å²) in [6.45, 7) is 0.802. The third kappa shape index (κ3) is 2.89. The minimum Gasteiger partial charge on any atom is -0.481 e. The molecule has 0 bridgehead atoms. The number of amides is 1. The van der Waals surface area contributed by atoms with Crippen LogP contribution in [0, 0.1) is 17.8 Å². The van der Waals surface area contributed by atoms with Crippen LogP contribution in [0.4, 0.5) is 0 Å². The number of carbonyl (C=O) groups is 2. The van der Waals surface area contributed by atoms with E-state index in [4.69, 9.17) is 0 Å². The molecular weight excluding hydrogens is 376 g/mol. The predicted octanol–water partition coefficient (Wildman–Crippen LogP) is 4.64. The van der Waals surface area contributed by atoms with Crippen LogP contribution in [0.15, 0.2) is 24.4 Å². The van der Waals surface area contributed by atoms with Gasteiger partial charge in [0.2, 0.25) is 5.91 Å². The van der Waals surface area contributed by atoms with Crippen molar-refractivity contribution in [3.63, 3.8) is 0 Å². The lowest BCUT2D eigenvalue weighted by Gasteiger charge is -2.46. The Morgan fingerprint density at radius 3 is 2.67 bits per heavy atom. The van der Waals surface area contributed by atoms with Crippen molar-refractivity contribution in [2.75, 3.05) is 6.54 Å². The van der Waals surface area contributed by atoms with Crippen molar-refractivity contribution in [1.29, 1.82) is 0 Å². The molecule has 1 saturated heterocycles. The minimum absolute atomic E-state index is 0.0696. The van der Waals surface area contributed by atoms with Crippen molar-refractivity contribution >= 4 is 22.8 Å². The number of rotatable bonds is 4. The molecule has 1 aromatic carbocycles. The van der Waals surface area contributed by atoms with Crippen molar-refractivity contribution < 1.29 is 14.7 Å². The molecule has 5 unspecified atom stereocenters. The molecule has 5 heteroatoms. The number of aromatic amines is 1. The Balaban J connectivity index is 1.24. The Morgan fingerprint density at radius 2 is 1.87 bits per heavy atom. The van der Waals surface area contributed by atoms with Gasteiger partial charge in [-0.3, -0.25) is 9.59 Å². The van der Waals surface area contributed by atoms with Crippen molar-refractivity contribution in [2.45, 2.75) is 69.2 Å². The van der Waals surface area contributed by atoms with Gasteiger partial charge in [-0.15, -0.1) is 0 Å². The minimum atomic E-state index is -0.672. The van der Waals surface area contributed by atoms with Crippen LogP contribution in [-0.2, 0) is 9.59 Å². The Morgan fingerprint density at radius 1 is 1.00 bits per heavy atom. The lowest BCUT2D eigenvalue weighted by atomic mass is 9.71. The molecule has 1 aromatic heterocycles. The lowest BCUT2D eigenvalue weighted by Crippen LogP contribution is -2.53. The van der Waals surface area contributed by atoms with Crippen LogP contribution in [0.1, 0.15) is 74.3 Å². The summed E-state index contributed by atoms with van der Waals surface area (Å²) in [6, 6.07) is 6.68. The van der Waals surface area contributed by atoms with Crippen LogP contribution >= 0.6 is 0 Å². The quantitative estimate of drug-likeness (QED) is 0.777. The van der Waals surface area contributed by atoms with Gasteiger partial charge in [0.15, 0.2) is 0 Å². The summed E-state index contributed by atoms with van der Waals surface area (Å²) in [5.41, 5.74) is 3.98. The number of aliphatic carboxylic acids is 1. The molecule has 158 valence electrons. The van der Waals surface area contributed by atoms with E-state index in [0.29, 0.717) is 11.8 Å². The van der Waals surface area contributed by atoms with Gasteiger partial charge in [-0.2, -0.15) is 0 Å². The fourth-order valence-electron chi connectivity index (χ4n) is 6.56. The number of likely N-dealkylation sites (tertiary alicyclic amines) is 1. The first kappa shape index (κ1) is 18.5. The molecule has 2 N–H and O–H groups in total. The average Bonchev–Trinajstić information content (AvgIpc) is 3.69. The molecule has 3 aliphatic carbocycles. The van der Waals surface area contributed by atoms with Gasteiger partial charge in [-0.1, -0.05) is 18.6 Å². The third-order valence-electron chi connectivity index (χ3n) is 8.26. The number of H-pyrrole nitrogens is 1. The number of aromatic nitrogens is 1. The van der Waals surface area contributed by atoms with Crippen molar-refractivity contribution in [3.8, 4) is 0 Å². The molecule has 5 nitrogen and oxygen atoms in total. The van der Waals surface area contributed by atoms with E-state index in [1.165, 1.54) is 34.9 Å². The first-order chi connectivity index (χ1) is 14.6. The summed E-state index contributed by atoms with van der Waals surface area (Å²) in [7, 11) is 0. The summed E-state index contributed by atoms with van der Waals surface area (Å²) in [4.78, 5) is 30.8. The molecule has 3 saturated carbocycles. The predicted molar refractivity (Wildman–Crippen MR) is 114 cm³/mol. The number of piperidine rings is 1.